The van der Waals surface area contributed by atoms with Crippen LogP contribution in [0, 0.1) is 0 Å². The van der Waals surface area contributed by atoms with E-state index in [0.29, 0.717) is 24.8 Å². The van der Waals surface area contributed by atoms with Crippen molar-refractivity contribution in [2.45, 2.75) is 46.0 Å². The molecule has 10 heteroatoms. The Bertz CT molecular complexity index is 599. The number of ether oxygens (including phenoxy) is 1. The molecule has 0 unspecified atom stereocenters. The summed E-state index contributed by atoms with van der Waals surface area (Å²) in [5.41, 5.74) is 2.65. The van der Waals surface area contributed by atoms with E-state index in [1.165, 1.54) is 5.69 Å². The van der Waals surface area contributed by atoms with Gasteiger partial charge >= 0.3 is 18.1 Å². The molecule has 136 valence electrons. The molecular formula is C14H20F3N3O4. The lowest BCUT2D eigenvalue weighted by Gasteiger charge is -2.21. The third-order valence-corrected chi connectivity index (χ3v) is 3.32. The van der Waals surface area contributed by atoms with Crippen LogP contribution in [-0.2, 0) is 22.6 Å². The number of carboxylic acids is 1. The van der Waals surface area contributed by atoms with Crippen molar-refractivity contribution in [1.82, 2.24) is 15.1 Å². The van der Waals surface area contributed by atoms with Gasteiger partial charge in [0.25, 0.3) is 0 Å². The fourth-order valence-electron chi connectivity index (χ4n) is 2.35. The first-order valence-corrected chi connectivity index (χ1v) is 7.40. The summed E-state index contributed by atoms with van der Waals surface area (Å²) in [4.78, 5) is 20.7. The first-order chi connectivity index (χ1) is 11.1. The lowest BCUT2D eigenvalue weighted by molar-refractivity contribution is -0.192. The fourth-order valence-corrected chi connectivity index (χ4v) is 2.35. The molecule has 7 nitrogen and oxygen atoms in total. The minimum atomic E-state index is -5.08. The van der Waals surface area contributed by atoms with Gasteiger partial charge in [0.05, 0.1) is 6.61 Å². The number of hydrogen-bond acceptors (Lipinski definition) is 5. The number of aliphatic carboxylic acids is 1. The summed E-state index contributed by atoms with van der Waals surface area (Å²) < 4.78 is 38.7. The average Bonchev–Trinajstić information content (AvgIpc) is 2.87. The van der Waals surface area contributed by atoms with E-state index < -0.39 is 12.1 Å². The highest BCUT2D eigenvalue weighted by atomic mass is 19.4. The summed E-state index contributed by atoms with van der Waals surface area (Å²) in [7, 11) is 0. The van der Waals surface area contributed by atoms with E-state index in [1.807, 2.05) is 18.5 Å². The summed E-state index contributed by atoms with van der Waals surface area (Å²) in [5.74, 6) is -2.69. The number of esters is 1. The van der Waals surface area contributed by atoms with Gasteiger partial charge in [0.2, 0.25) is 0 Å². The Labute approximate surface area is 136 Å². The highest BCUT2D eigenvalue weighted by Crippen LogP contribution is 2.26. The Kier molecular flexibility index (Phi) is 6.76. The SMILES string of the molecule is CCOC(=O)c1nn(CC)c2c1CNC[C@H]2C.O=C(O)C(F)(F)F. The number of carbonyl (C=O) groups is 2. The molecule has 0 aliphatic carbocycles. The van der Waals surface area contributed by atoms with Gasteiger partial charge in [-0.2, -0.15) is 18.3 Å². The second-order valence-electron chi connectivity index (χ2n) is 5.08. The first-order valence-electron chi connectivity index (χ1n) is 7.40. The zero-order chi connectivity index (χ0) is 18.5. The van der Waals surface area contributed by atoms with Crippen molar-refractivity contribution in [3.05, 3.63) is 17.0 Å². The van der Waals surface area contributed by atoms with Gasteiger partial charge in [-0.3, -0.25) is 4.68 Å². The van der Waals surface area contributed by atoms with Gasteiger partial charge in [-0.25, -0.2) is 9.59 Å². The Morgan fingerprint density at radius 1 is 1.42 bits per heavy atom. The van der Waals surface area contributed by atoms with Crippen LogP contribution < -0.4 is 5.32 Å². The van der Waals surface area contributed by atoms with Crippen molar-refractivity contribution in [2.75, 3.05) is 13.2 Å². The highest BCUT2D eigenvalue weighted by Gasteiger charge is 2.38. The molecule has 1 aromatic heterocycles. The minimum Gasteiger partial charge on any atom is -0.475 e. The Morgan fingerprint density at radius 2 is 2.00 bits per heavy atom. The molecule has 0 aromatic carbocycles. The predicted octanol–water partition coefficient (Wildman–Crippen LogP) is 1.92. The van der Waals surface area contributed by atoms with E-state index >= 15 is 0 Å². The molecule has 1 aliphatic heterocycles. The predicted molar refractivity (Wildman–Crippen MR) is 77.7 cm³/mol. The zero-order valence-electron chi connectivity index (χ0n) is 13.6. The van der Waals surface area contributed by atoms with Gasteiger partial charge < -0.3 is 15.2 Å². The van der Waals surface area contributed by atoms with Gasteiger partial charge in [-0.15, -0.1) is 0 Å². The fraction of sp³-hybridized carbons (Fsp3) is 0.643. The zero-order valence-corrected chi connectivity index (χ0v) is 13.6. The molecule has 1 aliphatic rings. The van der Waals surface area contributed by atoms with Gasteiger partial charge in [-0.1, -0.05) is 6.92 Å². The van der Waals surface area contributed by atoms with Crippen LogP contribution in [0.2, 0.25) is 0 Å². The third kappa shape index (κ3) is 4.70. The molecule has 24 heavy (non-hydrogen) atoms. The van der Waals surface area contributed by atoms with Crippen LogP contribution in [0.4, 0.5) is 13.2 Å². The van der Waals surface area contributed by atoms with Gasteiger partial charge in [0.15, 0.2) is 5.69 Å². The quantitative estimate of drug-likeness (QED) is 0.808. The number of aromatic nitrogens is 2. The Balaban J connectivity index is 0.000000351. The van der Waals surface area contributed by atoms with E-state index in [4.69, 9.17) is 14.6 Å². The van der Waals surface area contributed by atoms with E-state index in [0.717, 1.165) is 18.7 Å². The number of fused-ring (bicyclic) bond motifs is 1. The van der Waals surface area contributed by atoms with Crippen LogP contribution in [-0.4, -0.2) is 46.2 Å². The Hall–Kier alpha value is -2.10. The van der Waals surface area contributed by atoms with Crippen LogP contribution in [0.5, 0.6) is 0 Å². The lowest BCUT2D eigenvalue weighted by atomic mass is 9.98. The number of halogens is 3. The molecule has 2 N–H and O–H groups in total. The maximum Gasteiger partial charge on any atom is 0.490 e. The average molecular weight is 351 g/mol. The van der Waals surface area contributed by atoms with Crippen molar-refractivity contribution in [3.8, 4) is 0 Å². The van der Waals surface area contributed by atoms with Crippen molar-refractivity contribution >= 4 is 11.9 Å². The third-order valence-electron chi connectivity index (χ3n) is 3.32. The summed E-state index contributed by atoms with van der Waals surface area (Å²) in [5, 5.41) is 14.8. The summed E-state index contributed by atoms with van der Waals surface area (Å²) >= 11 is 0. The molecular weight excluding hydrogens is 331 g/mol. The molecule has 0 fully saturated rings. The molecule has 0 spiro atoms. The van der Waals surface area contributed by atoms with Crippen LogP contribution >= 0.6 is 0 Å². The van der Waals surface area contributed by atoms with Crippen LogP contribution in [0.3, 0.4) is 0 Å². The number of rotatable bonds is 3. The molecule has 2 heterocycles. The molecule has 1 atom stereocenters. The van der Waals surface area contributed by atoms with Crippen LogP contribution in [0.15, 0.2) is 0 Å². The van der Waals surface area contributed by atoms with E-state index in [1.54, 1.807) is 0 Å². The number of carbonyl (C=O) groups excluding carboxylic acids is 1. The monoisotopic (exact) mass is 351 g/mol. The largest absolute Gasteiger partial charge is 0.490 e. The molecule has 0 amide bonds. The second kappa shape index (κ2) is 8.13. The maximum absolute atomic E-state index is 11.8. The van der Waals surface area contributed by atoms with E-state index in [-0.39, 0.29) is 5.97 Å². The molecule has 0 saturated carbocycles. The number of alkyl halides is 3. The summed E-state index contributed by atoms with van der Waals surface area (Å²) in [6.45, 7) is 8.79. The number of aryl methyl sites for hydroxylation is 1. The van der Waals surface area contributed by atoms with Gasteiger partial charge in [0.1, 0.15) is 0 Å². The standard InChI is InChI=1S/C12H19N3O2.C2HF3O2/c1-4-15-11-8(3)6-13-7-9(11)10(14-15)12(16)17-5-2;3-2(4,5)1(6)7/h8,13H,4-7H2,1-3H3;(H,6,7)/t8-;/m1./s1. The summed E-state index contributed by atoms with van der Waals surface area (Å²) in [6.07, 6.45) is -5.08. The maximum atomic E-state index is 11.8. The second-order valence-corrected chi connectivity index (χ2v) is 5.08. The van der Waals surface area contributed by atoms with Crippen LogP contribution in [0.25, 0.3) is 0 Å². The van der Waals surface area contributed by atoms with Crippen molar-refractivity contribution in [3.63, 3.8) is 0 Å². The van der Waals surface area contributed by atoms with Gasteiger partial charge in [-0.05, 0) is 13.8 Å². The number of nitrogens with one attached hydrogen (secondary N) is 1. The van der Waals surface area contributed by atoms with Crippen molar-refractivity contribution < 1.29 is 32.6 Å². The van der Waals surface area contributed by atoms with Crippen LogP contribution in [0.1, 0.15) is 48.4 Å². The first kappa shape index (κ1) is 19.9. The van der Waals surface area contributed by atoms with Crippen molar-refractivity contribution in [1.29, 1.82) is 0 Å². The van der Waals surface area contributed by atoms with Crippen molar-refractivity contribution in [2.24, 2.45) is 0 Å². The molecule has 0 radical (unpaired) electrons. The number of carboxylic acid groups (broad SMARTS) is 1. The number of nitrogens with zero attached hydrogens (tertiary/aromatic N) is 2. The minimum absolute atomic E-state index is 0.313. The molecule has 1 aromatic rings. The normalized spacial score (nSPS) is 16.7. The lowest BCUT2D eigenvalue weighted by Crippen LogP contribution is -2.28. The van der Waals surface area contributed by atoms with E-state index in [2.05, 4.69) is 17.3 Å². The molecule has 0 bridgehead atoms. The smallest absolute Gasteiger partial charge is 0.475 e. The number of hydrogen-bond donors (Lipinski definition) is 2. The van der Waals surface area contributed by atoms with E-state index in [9.17, 15) is 18.0 Å². The Morgan fingerprint density at radius 3 is 2.46 bits per heavy atom. The molecule has 2 rings (SSSR count). The molecule has 0 saturated heterocycles. The topological polar surface area (TPSA) is 93.5 Å². The highest BCUT2D eigenvalue weighted by molar-refractivity contribution is 5.89. The van der Waals surface area contributed by atoms with Gasteiger partial charge in [0, 0.05) is 36.8 Å². The summed E-state index contributed by atoms with van der Waals surface area (Å²) in [6, 6.07) is 0.